The Morgan fingerprint density at radius 2 is 2.24 bits per heavy atom. The first-order valence-corrected chi connectivity index (χ1v) is 9.21. The Morgan fingerprint density at radius 1 is 1.48 bits per heavy atom. The van der Waals surface area contributed by atoms with E-state index in [0.29, 0.717) is 6.04 Å². The Hall–Kier alpha value is -0.840. The van der Waals surface area contributed by atoms with E-state index in [1.54, 1.807) is 23.1 Å². The van der Waals surface area contributed by atoms with Crippen LogP contribution in [0, 0.1) is 11.3 Å². The SMILES string of the molecule is CCC(C#N)(CCCSc1nnc(N(C)C)s1)NC1CC1. The average molecular weight is 326 g/mol. The molecule has 0 aromatic carbocycles. The van der Waals surface area contributed by atoms with Crippen LogP contribution < -0.4 is 10.2 Å². The lowest BCUT2D eigenvalue weighted by Gasteiger charge is -2.26. The van der Waals surface area contributed by atoms with E-state index in [9.17, 15) is 5.26 Å². The smallest absolute Gasteiger partial charge is 0.208 e. The summed E-state index contributed by atoms with van der Waals surface area (Å²) in [5.74, 6) is 0.984. The molecule has 0 spiro atoms. The monoisotopic (exact) mass is 325 g/mol. The number of hydrogen-bond acceptors (Lipinski definition) is 7. The van der Waals surface area contributed by atoms with Gasteiger partial charge in [-0.25, -0.2) is 0 Å². The second-order valence-corrected chi connectivity index (χ2v) is 7.96. The number of thioether (sulfide) groups is 1. The lowest BCUT2D eigenvalue weighted by molar-refractivity contribution is 0.367. The topological polar surface area (TPSA) is 64.8 Å². The predicted molar refractivity (Wildman–Crippen MR) is 89.0 cm³/mol. The van der Waals surface area contributed by atoms with E-state index in [0.717, 1.165) is 34.5 Å². The molecule has 1 unspecified atom stereocenters. The van der Waals surface area contributed by atoms with Gasteiger partial charge in [-0.15, -0.1) is 10.2 Å². The molecule has 1 N–H and O–H groups in total. The first-order valence-electron chi connectivity index (χ1n) is 7.41. The van der Waals surface area contributed by atoms with Crippen LogP contribution in [-0.4, -0.2) is 41.6 Å². The van der Waals surface area contributed by atoms with E-state index in [1.165, 1.54) is 12.8 Å². The van der Waals surface area contributed by atoms with Gasteiger partial charge in [0, 0.05) is 25.9 Å². The van der Waals surface area contributed by atoms with Crippen molar-refractivity contribution in [2.45, 2.75) is 54.9 Å². The summed E-state index contributed by atoms with van der Waals surface area (Å²) in [5.41, 5.74) is -0.336. The predicted octanol–water partition coefficient (Wildman–Crippen LogP) is 2.90. The van der Waals surface area contributed by atoms with E-state index in [4.69, 9.17) is 0 Å². The fourth-order valence-electron chi connectivity index (χ4n) is 2.11. The first-order chi connectivity index (χ1) is 10.1. The van der Waals surface area contributed by atoms with Crippen molar-refractivity contribution in [2.24, 2.45) is 0 Å². The summed E-state index contributed by atoms with van der Waals surface area (Å²) in [6, 6.07) is 3.07. The van der Waals surface area contributed by atoms with Gasteiger partial charge in [-0.2, -0.15) is 5.26 Å². The van der Waals surface area contributed by atoms with Crippen molar-refractivity contribution in [3.05, 3.63) is 0 Å². The molecule has 0 bridgehead atoms. The van der Waals surface area contributed by atoms with Gasteiger partial charge >= 0.3 is 0 Å². The lowest BCUT2D eigenvalue weighted by Crippen LogP contribution is -2.44. The van der Waals surface area contributed by atoms with Gasteiger partial charge in [-0.3, -0.25) is 5.32 Å². The summed E-state index contributed by atoms with van der Waals surface area (Å²) in [5, 5.41) is 22.3. The van der Waals surface area contributed by atoms with Gasteiger partial charge < -0.3 is 4.90 Å². The summed E-state index contributed by atoms with van der Waals surface area (Å²) >= 11 is 3.35. The third kappa shape index (κ3) is 4.83. The molecule has 21 heavy (non-hydrogen) atoms. The van der Waals surface area contributed by atoms with Gasteiger partial charge in [0.25, 0.3) is 0 Å². The second kappa shape index (κ2) is 7.43. The quantitative estimate of drug-likeness (QED) is 0.556. The number of nitrogens with one attached hydrogen (secondary N) is 1. The number of nitrogens with zero attached hydrogens (tertiary/aromatic N) is 4. The van der Waals surface area contributed by atoms with Crippen LogP contribution in [0.5, 0.6) is 0 Å². The third-order valence-electron chi connectivity index (χ3n) is 3.63. The normalized spacial score (nSPS) is 17.2. The molecule has 0 amide bonds. The Morgan fingerprint density at radius 3 is 2.76 bits per heavy atom. The van der Waals surface area contributed by atoms with Gasteiger partial charge in [0.15, 0.2) is 4.34 Å². The van der Waals surface area contributed by atoms with Crippen molar-refractivity contribution in [3.8, 4) is 6.07 Å². The molecule has 116 valence electrons. The summed E-state index contributed by atoms with van der Waals surface area (Å²) in [7, 11) is 3.95. The van der Waals surface area contributed by atoms with Gasteiger partial charge in [-0.05, 0) is 32.1 Å². The Balaban J connectivity index is 1.75. The van der Waals surface area contributed by atoms with Crippen molar-refractivity contribution < 1.29 is 0 Å². The maximum Gasteiger partial charge on any atom is 0.208 e. The van der Waals surface area contributed by atoms with Crippen molar-refractivity contribution in [1.29, 1.82) is 5.26 Å². The highest BCUT2D eigenvalue weighted by molar-refractivity contribution is 8.01. The van der Waals surface area contributed by atoms with Crippen LogP contribution in [-0.2, 0) is 0 Å². The van der Waals surface area contributed by atoms with Crippen molar-refractivity contribution in [1.82, 2.24) is 15.5 Å². The van der Waals surface area contributed by atoms with Crippen LogP contribution in [0.2, 0.25) is 0 Å². The van der Waals surface area contributed by atoms with Gasteiger partial charge in [0.05, 0.1) is 6.07 Å². The molecule has 1 aliphatic carbocycles. The minimum Gasteiger partial charge on any atom is -0.353 e. The molecule has 1 fully saturated rings. The van der Waals surface area contributed by atoms with Crippen molar-refractivity contribution in [3.63, 3.8) is 0 Å². The fraction of sp³-hybridized carbons (Fsp3) is 0.786. The minimum atomic E-state index is -0.336. The molecule has 1 aromatic heterocycles. The maximum absolute atomic E-state index is 9.49. The summed E-state index contributed by atoms with van der Waals surface area (Å²) in [6.07, 6.45) is 5.23. The number of nitriles is 1. The van der Waals surface area contributed by atoms with Crippen LogP contribution in [0.25, 0.3) is 0 Å². The Kier molecular flexibility index (Phi) is 5.85. The standard InChI is InChI=1S/C14H23N5S2/c1-4-14(10-15,16-11-6-7-11)8-5-9-20-13-18-17-12(21-13)19(2)3/h11,16H,4-9H2,1-3H3. The highest BCUT2D eigenvalue weighted by Gasteiger charge is 2.34. The molecular weight excluding hydrogens is 302 g/mol. The number of anilines is 1. The lowest BCUT2D eigenvalue weighted by atomic mass is 9.92. The maximum atomic E-state index is 9.49. The van der Waals surface area contributed by atoms with Crippen molar-refractivity contribution >= 4 is 28.2 Å². The summed E-state index contributed by atoms with van der Waals surface area (Å²) in [4.78, 5) is 1.97. The fourth-order valence-corrected chi connectivity index (χ4v) is 3.88. The summed E-state index contributed by atoms with van der Waals surface area (Å²) < 4.78 is 1.01. The van der Waals surface area contributed by atoms with E-state index in [2.05, 4.69) is 28.5 Å². The molecule has 1 heterocycles. The zero-order valence-electron chi connectivity index (χ0n) is 12.9. The molecule has 2 rings (SSSR count). The molecule has 0 aliphatic heterocycles. The van der Waals surface area contributed by atoms with E-state index in [-0.39, 0.29) is 5.54 Å². The molecule has 1 aromatic rings. The van der Waals surface area contributed by atoms with E-state index in [1.807, 2.05) is 19.0 Å². The molecule has 1 atom stereocenters. The molecular formula is C14H23N5S2. The van der Waals surface area contributed by atoms with Crippen LogP contribution in [0.4, 0.5) is 5.13 Å². The van der Waals surface area contributed by atoms with Crippen molar-refractivity contribution in [2.75, 3.05) is 24.7 Å². The van der Waals surface area contributed by atoms with Crippen LogP contribution >= 0.6 is 23.1 Å². The zero-order chi connectivity index (χ0) is 15.3. The average Bonchev–Trinajstić information content (AvgIpc) is 3.16. The van der Waals surface area contributed by atoms with E-state index >= 15 is 0 Å². The van der Waals surface area contributed by atoms with Crippen LogP contribution in [0.15, 0.2) is 4.34 Å². The van der Waals surface area contributed by atoms with Gasteiger partial charge in [-0.1, -0.05) is 30.0 Å². The van der Waals surface area contributed by atoms with E-state index < -0.39 is 0 Å². The summed E-state index contributed by atoms with van der Waals surface area (Å²) in [6.45, 7) is 2.10. The molecule has 1 aliphatic rings. The first kappa shape index (κ1) is 16.5. The largest absolute Gasteiger partial charge is 0.353 e. The number of aromatic nitrogens is 2. The van der Waals surface area contributed by atoms with Crippen LogP contribution in [0.1, 0.15) is 39.0 Å². The molecule has 0 radical (unpaired) electrons. The number of hydrogen-bond donors (Lipinski definition) is 1. The third-order valence-corrected chi connectivity index (χ3v) is 5.94. The Bertz CT molecular complexity index is 492. The molecule has 7 heteroatoms. The van der Waals surface area contributed by atoms with Crippen LogP contribution in [0.3, 0.4) is 0 Å². The minimum absolute atomic E-state index is 0.336. The molecule has 1 saturated carbocycles. The number of rotatable bonds is 9. The molecule has 5 nitrogen and oxygen atoms in total. The highest BCUT2D eigenvalue weighted by atomic mass is 32.2. The molecule has 0 saturated heterocycles. The highest BCUT2D eigenvalue weighted by Crippen LogP contribution is 2.30. The zero-order valence-corrected chi connectivity index (χ0v) is 14.6. The van der Waals surface area contributed by atoms with Gasteiger partial charge in [0.2, 0.25) is 5.13 Å². The van der Waals surface area contributed by atoms with Gasteiger partial charge in [0.1, 0.15) is 5.54 Å². The Labute approximate surface area is 135 Å². The second-order valence-electron chi connectivity index (χ2n) is 5.66.